The van der Waals surface area contributed by atoms with Crippen LogP contribution in [0.1, 0.15) is 24.8 Å². The molecule has 3 rings (SSSR count). The van der Waals surface area contributed by atoms with Crippen molar-refractivity contribution in [2.75, 3.05) is 39.4 Å². The molecular formula is C16H23ClN2O2. The number of benzene rings is 1. The highest BCUT2D eigenvalue weighted by molar-refractivity contribution is 6.32. The van der Waals surface area contributed by atoms with Gasteiger partial charge in [0.15, 0.2) is 11.5 Å². The second-order valence-corrected chi connectivity index (χ2v) is 6.09. The second-order valence-electron chi connectivity index (χ2n) is 5.68. The highest BCUT2D eigenvalue weighted by Crippen LogP contribution is 2.37. The summed E-state index contributed by atoms with van der Waals surface area (Å²) >= 11 is 6.30. The van der Waals surface area contributed by atoms with Crippen molar-refractivity contribution >= 4 is 11.6 Å². The molecule has 1 N–H and O–H groups in total. The summed E-state index contributed by atoms with van der Waals surface area (Å²) in [7, 11) is 0. The summed E-state index contributed by atoms with van der Waals surface area (Å²) in [4.78, 5) is 2.51. The van der Waals surface area contributed by atoms with Crippen LogP contribution in [-0.4, -0.2) is 44.3 Å². The van der Waals surface area contributed by atoms with E-state index in [0.717, 1.165) is 37.4 Å². The van der Waals surface area contributed by atoms with Gasteiger partial charge in [-0.15, -0.1) is 0 Å². The number of nitrogens with one attached hydrogen (secondary N) is 1. The molecule has 116 valence electrons. The molecule has 0 radical (unpaired) electrons. The third kappa shape index (κ3) is 4.02. The van der Waals surface area contributed by atoms with Gasteiger partial charge >= 0.3 is 0 Å². The third-order valence-corrected chi connectivity index (χ3v) is 4.28. The Morgan fingerprint density at radius 1 is 1.10 bits per heavy atom. The number of fused-ring (bicyclic) bond motifs is 1. The lowest BCUT2D eigenvalue weighted by molar-refractivity contribution is 0.297. The summed E-state index contributed by atoms with van der Waals surface area (Å²) in [6.07, 6.45) is 3.59. The molecule has 5 heteroatoms. The minimum atomic E-state index is 0.644. The molecule has 4 nitrogen and oxygen atoms in total. The molecule has 2 aliphatic rings. The maximum absolute atomic E-state index is 6.30. The van der Waals surface area contributed by atoms with E-state index >= 15 is 0 Å². The van der Waals surface area contributed by atoms with Gasteiger partial charge in [0.05, 0.1) is 18.2 Å². The van der Waals surface area contributed by atoms with Gasteiger partial charge in [0.2, 0.25) is 0 Å². The number of likely N-dealkylation sites (tertiary alicyclic amines) is 1. The van der Waals surface area contributed by atoms with Crippen molar-refractivity contribution in [3.8, 4) is 11.5 Å². The molecule has 0 saturated carbocycles. The van der Waals surface area contributed by atoms with Crippen molar-refractivity contribution in [3.63, 3.8) is 0 Å². The van der Waals surface area contributed by atoms with E-state index in [2.05, 4.69) is 10.2 Å². The van der Waals surface area contributed by atoms with Crippen LogP contribution in [-0.2, 0) is 6.54 Å². The normalized spacial score (nSPS) is 18.7. The van der Waals surface area contributed by atoms with E-state index < -0.39 is 0 Å². The van der Waals surface area contributed by atoms with Crippen LogP contribution in [0.5, 0.6) is 11.5 Å². The second kappa shape index (κ2) is 7.34. The van der Waals surface area contributed by atoms with E-state index in [1.807, 2.05) is 12.1 Å². The minimum absolute atomic E-state index is 0.644. The molecule has 0 aromatic heterocycles. The van der Waals surface area contributed by atoms with Crippen LogP contribution < -0.4 is 14.8 Å². The molecule has 0 amide bonds. The van der Waals surface area contributed by atoms with E-state index in [4.69, 9.17) is 21.1 Å². The fourth-order valence-electron chi connectivity index (χ4n) is 2.86. The first-order chi connectivity index (χ1) is 10.3. The molecule has 2 aliphatic heterocycles. The molecule has 0 spiro atoms. The summed E-state index contributed by atoms with van der Waals surface area (Å²) in [5.74, 6) is 1.46. The summed E-state index contributed by atoms with van der Waals surface area (Å²) in [6, 6.07) is 4.01. The number of nitrogens with zero attached hydrogens (tertiary/aromatic N) is 1. The van der Waals surface area contributed by atoms with Gasteiger partial charge < -0.3 is 19.7 Å². The van der Waals surface area contributed by atoms with Crippen molar-refractivity contribution in [1.29, 1.82) is 0 Å². The highest BCUT2D eigenvalue weighted by atomic mass is 35.5. The first kappa shape index (κ1) is 14.9. The van der Waals surface area contributed by atoms with Crippen molar-refractivity contribution in [2.45, 2.75) is 25.8 Å². The van der Waals surface area contributed by atoms with Gasteiger partial charge in [-0.05, 0) is 43.6 Å². The van der Waals surface area contributed by atoms with Crippen molar-refractivity contribution < 1.29 is 9.47 Å². The number of halogens is 1. The molecule has 2 heterocycles. The van der Waals surface area contributed by atoms with Crippen LogP contribution in [0, 0.1) is 0 Å². The van der Waals surface area contributed by atoms with E-state index in [-0.39, 0.29) is 0 Å². The monoisotopic (exact) mass is 310 g/mol. The zero-order valence-electron chi connectivity index (χ0n) is 12.4. The van der Waals surface area contributed by atoms with Crippen molar-refractivity contribution in [1.82, 2.24) is 10.2 Å². The SMILES string of the molecule is Clc1cc(CNCCN2CCCC2)cc2c1OCCCO2. The first-order valence-electron chi connectivity index (χ1n) is 7.84. The van der Waals surface area contributed by atoms with E-state index in [1.54, 1.807) is 0 Å². The van der Waals surface area contributed by atoms with Crippen LogP contribution in [0.3, 0.4) is 0 Å². The Morgan fingerprint density at radius 2 is 1.90 bits per heavy atom. The predicted octanol–water partition coefficient (Wildman–Crippen LogP) is 2.69. The van der Waals surface area contributed by atoms with Gasteiger partial charge in [-0.1, -0.05) is 11.6 Å². The molecule has 0 atom stereocenters. The quantitative estimate of drug-likeness (QED) is 0.848. The lowest BCUT2D eigenvalue weighted by atomic mass is 10.2. The van der Waals surface area contributed by atoms with Crippen LogP contribution in [0.25, 0.3) is 0 Å². The van der Waals surface area contributed by atoms with Gasteiger partial charge in [-0.3, -0.25) is 0 Å². The topological polar surface area (TPSA) is 33.7 Å². The standard InChI is InChI=1S/C16H23ClN2O2/c17-14-10-13(11-15-16(14)21-9-3-8-20-15)12-18-4-7-19-5-1-2-6-19/h10-11,18H,1-9,12H2. The van der Waals surface area contributed by atoms with Gasteiger partial charge in [0.25, 0.3) is 0 Å². The Hall–Kier alpha value is -0.970. The summed E-state index contributed by atoms with van der Waals surface area (Å²) in [6.45, 7) is 6.79. The molecule has 0 aliphatic carbocycles. The van der Waals surface area contributed by atoms with Gasteiger partial charge in [0.1, 0.15) is 0 Å². The number of hydrogen-bond donors (Lipinski definition) is 1. The smallest absolute Gasteiger partial charge is 0.179 e. The molecule has 1 aromatic carbocycles. The molecular weight excluding hydrogens is 288 g/mol. The Bertz CT molecular complexity index is 476. The molecule has 0 bridgehead atoms. The Kier molecular flexibility index (Phi) is 5.22. The van der Waals surface area contributed by atoms with E-state index in [1.165, 1.54) is 25.9 Å². The lowest BCUT2D eigenvalue weighted by Gasteiger charge is -2.15. The molecule has 0 unspecified atom stereocenters. The Balaban J connectivity index is 1.53. The number of ether oxygens (including phenoxy) is 2. The van der Waals surface area contributed by atoms with Crippen LogP contribution >= 0.6 is 11.6 Å². The maximum atomic E-state index is 6.30. The fraction of sp³-hybridized carbons (Fsp3) is 0.625. The van der Waals surface area contributed by atoms with E-state index in [9.17, 15) is 0 Å². The van der Waals surface area contributed by atoms with Crippen LogP contribution in [0.4, 0.5) is 0 Å². The third-order valence-electron chi connectivity index (χ3n) is 3.99. The highest BCUT2D eigenvalue weighted by Gasteiger charge is 2.15. The average molecular weight is 311 g/mol. The first-order valence-corrected chi connectivity index (χ1v) is 8.22. The average Bonchev–Trinajstić information content (AvgIpc) is 2.87. The molecule has 21 heavy (non-hydrogen) atoms. The summed E-state index contributed by atoms with van der Waals surface area (Å²) in [5.41, 5.74) is 1.14. The van der Waals surface area contributed by atoms with Crippen LogP contribution in [0.15, 0.2) is 12.1 Å². The summed E-state index contributed by atoms with van der Waals surface area (Å²) < 4.78 is 11.4. The lowest BCUT2D eigenvalue weighted by Crippen LogP contribution is -2.29. The van der Waals surface area contributed by atoms with Crippen molar-refractivity contribution in [3.05, 3.63) is 22.7 Å². The molecule has 1 aromatic rings. The van der Waals surface area contributed by atoms with E-state index in [0.29, 0.717) is 24.0 Å². The number of hydrogen-bond acceptors (Lipinski definition) is 4. The van der Waals surface area contributed by atoms with Crippen molar-refractivity contribution in [2.24, 2.45) is 0 Å². The maximum Gasteiger partial charge on any atom is 0.179 e. The Labute approximate surface area is 131 Å². The summed E-state index contributed by atoms with van der Waals surface area (Å²) in [5, 5.41) is 4.13. The molecule has 1 fully saturated rings. The largest absolute Gasteiger partial charge is 0.489 e. The molecule has 1 saturated heterocycles. The van der Waals surface area contributed by atoms with Gasteiger partial charge in [-0.25, -0.2) is 0 Å². The van der Waals surface area contributed by atoms with Gasteiger partial charge in [-0.2, -0.15) is 0 Å². The fourth-order valence-corrected chi connectivity index (χ4v) is 3.15. The van der Waals surface area contributed by atoms with Crippen LogP contribution in [0.2, 0.25) is 5.02 Å². The van der Waals surface area contributed by atoms with Gasteiger partial charge in [0, 0.05) is 26.1 Å². The Morgan fingerprint density at radius 3 is 2.76 bits per heavy atom. The zero-order chi connectivity index (χ0) is 14.5. The predicted molar refractivity (Wildman–Crippen MR) is 84.4 cm³/mol. The minimum Gasteiger partial charge on any atom is -0.489 e. The zero-order valence-corrected chi connectivity index (χ0v) is 13.1. The number of rotatable bonds is 5.